The molecule has 4 heterocycles. The molecule has 6 nitrogen and oxygen atoms in total. The number of para-hydroxylation sites is 1. The number of pyridine rings is 1. The Bertz CT molecular complexity index is 1140. The first kappa shape index (κ1) is 20.2. The Morgan fingerprint density at radius 2 is 2.10 bits per heavy atom. The summed E-state index contributed by atoms with van der Waals surface area (Å²) in [5.41, 5.74) is 3.70. The summed E-state index contributed by atoms with van der Waals surface area (Å²) < 4.78 is 2.28. The first-order valence-corrected chi connectivity index (χ1v) is 11.7. The zero-order valence-electron chi connectivity index (χ0n) is 17.4. The Hall–Kier alpha value is -2.74. The molecule has 0 bridgehead atoms. The van der Waals surface area contributed by atoms with Crippen LogP contribution in [-0.2, 0) is 13.1 Å². The lowest BCUT2D eigenvalue weighted by Gasteiger charge is -2.24. The minimum Gasteiger partial charge on any atom is -0.396 e. The smallest absolute Gasteiger partial charge is 0.188 e. The minimum absolute atomic E-state index is 0.215. The third kappa shape index (κ3) is 4.35. The third-order valence-corrected chi connectivity index (χ3v) is 6.63. The van der Waals surface area contributed by atoms with Crippen LogP contribution in [-0.4, -0.2) is 37.7 Å². The average molecular weight is 434 g/mol. The second kappa shape index (κ2) is 9.18. The van der Waals surface area contributed by atoms with Crippen molar-refractivity contribution in [1.29, 1.82) is 0 Å². The highest BCUT2D eigenvalue weighted by atomic mass is 32.1. The summed E-state index contributed by atoms with van der Waals surface area (Å²) in [5.74, 6) is 0.847. The van der Waals surface area contributed by atoms with E-state index in [1.165, 1.54) is 22.9 Å². The summed E-state index contributed by atoms with van der Waals surface area (Å²) in [7, 11) is 0. The highest BCUT2D eigenvalue weighted by molar-refractivity contribution is 7.13. The first-order valence-electron chi connectivity index (χ1n) is 10.9. The number of benzene rings is 1. The van der Waals surface area contributed by atoms with Gasteiger partial charge in [-0.1, -0.05) is 24.3 Å². The summed E-state index contributed by atoms with van der Waals surface area (Å²) in [4.78, 5) is 11.8. The number of fused-ring (bicyclic) bond motifs is 1. The Kier molecular flexibility index (Phi) is 5.97. The zero-order valence-corrected chi connectivity index (χ0v) is 18.3. The maximum absolute atomic E-state index is 9.26. The monoisotopic (exact) mass is 433 g/mol. The Morgan fingerprint density at radius 1 is 1.16 bits per heavy atom. The largest absolute Gasteiger partial charge is 0.396 e. The van der Waals surface area contributed by atoms with Crippen molar-refractivity contribution < 1.29 is 5.11 Å². The number of aryl methyl sites for hydroxylation is 1. The first-order chi connectivity index (χ1) is 15.3. The van der Waals surface area contributed by atoms with Crippen molar-refractivity contribution >= 4 is 33.2 Å². The van der Waals surface area contributed by atoms with Crippen molar-refractivity contribution in [1.82, 2.24) is 19.4 Å². The zero-order chi connectivity index (χ0) is 21.0. The number of hydrogen-bond donors (Lipinski definition) is 2. The predicted octanol–water partition coefficient (Wildman–Crippen LogP) is 4.96. The number of nitrogens with zero attached hydrogens (tertiary/aromatic N) is 4. The van der Waals surface area contributed by atoms with Gasteiger partial charge in [0, 0.05) is 48.4 Å². The van der Waals surface area contributed by atoms with E-state index >= 15 is 0 Å². The van der Waals surface area contributed by atoms with Gasteiger partial charge in [0.05, 0.1) is 11.7 Å². The molecule has 1 atom stereocenters. The molecule has 1 aromatic carbocycles. The molecular formula is C24H27N5OS. The van der Waals surface area contributed by atoms with E-state index in [2.05, 4.69) is 62.4 Å². The van der Waals surface area contributed by atoms with Gasteiger partial charge in [0.1, 0.15) is 5.82 Å². The van der Waals surface area contributed by atoms with Crippen molar-refractivity contribution in [3.05, 3.63) is 71.5 Å². The molecular weight excluding hydrogens is 406 g/mol. The van der Waals surface area contributed by atoms with Crippen LogP contribution in [0.4, 0.5) is 10.9 Å². The molecule has 0 amide bonds. The highest BCUT2D eigenvalue weighted by Gasteiger charge is 2.28. The van der Waals surface area contributed by atoms with Gasteiger partial charge < -0.3 is 15.0 Å². The quantitative estimate of drug-likeness (QED) is 0.411. The average Bonchev–Trinajstić information content (AvgIpc) is 3.54. The molecule has 0 spiro atoms. The van der Waals surface area contributed by atoms with Crippen molar-refractivity contribution in [3.63, 3.8) is 0 Å². The van der Waals surface area contributed by atoms with Crippen LogP contribution < -0.4 is 5.32 Å². The van der Waals surface area contributed by atoms with Crippen LogP contribution >= 0.6 is 11.3 Å². The molecule has 4 aromatic rings. The molecule has 5 rings (SSSR count). The van der Waals surface area contributed by atoms with E-state index in [1.54, 1.807) is 17.5 Å². The molecule has 1 fully saturated rings. The Labute approximate surface area is 186 Å². The number of aromatic nitrogens is 3. The van der Waals surface area contributed by atoms with Crippen LogP contribution in [0.3, 0.4) is 0 Å². The normalized spacial score (nSPS) is 16.9. The van der Waals surface area contributed by atoms with Crippen LogP contribution in [0.15, 0.2) is 60.2 Å². The Morgan fingerprint density at radius 3 is 2.97 bits per heavy atom. The molecule has 0 radical (unpaired) electrons. The van der Waals surface area contributed by atoms with Gasteiger partial charge >= 0.3 is 0 Å². The molecule has 160 valence electrons. The maximum atomic E-state index is 9.26. The van der Waals surface area contributed by atoms with Crippen LogP contribution in [0, 0.1) is 0 Å². The second-order valence-electron chi connectivity index (χ2n) is 7.98. The number of aliphatic hydroxyl groups is 1. The van der Waals surface area contributed by atoms with E-state index in [-0.39, 0.29) is 6.61 Å². The maximum Gasteiger partial charge on any atom is 0.188 e. The molecule has 0 unspecified atom stereocenters. The van der Waals surface area contributed by atoms with Crippen LogP contribution in [0.1, 0.15) is 36.6 Å². The number of hydrogen-bond acceptors (Lipinski definition) is 6. The van der Waals surface area contributed by atoms with E-state index < -0.39 is 0 Å². The number of rotatable bonds is 8. The highest BCUT2D eigenvalue weighted by Crippen LogP contribution is 2.34. The SMILES string of the molecule is OCCCn1cc(CN2CCC[C@H]2c2cccc(Nc3nccs3)n2)c2ccccc21. The van der Waals surface area contributed by atoms with Gasteiger partial charge in [0.2, 0.25) is 0 Å². The fourth-order valence-electron chi connectivity index (χ4n) is 4.55. The van der Waals surface area contributed by atoms with Crippen molar-refractivity contribution in [2.45, 2.75) is 38.4 Å². The van der Waals surface area contributed by atoms with Gasteiger partial charge in [0.15, 0.2) is 5.13 Å². The summed E-state index contributed by atoms with van der Waals surface area (Å²) in [5, 5.41) is 16.7. The lowest BCUT2D eigenvalue weighted by Crippen LogP contribution is -2.23. The van der Waals surface area contributed by atoms with E-state index in [1.807, 2.05) is 11.4 Å². The fourth-order valence-corrected chi connectivity index (χ4v) is 5.08. The van der Waals surface area contributed by atoms with Gasteiger partial charge in [-0.05, 0) is 49.6 Å². The third-order valence-electron chi connectivity index (χ3n) is 5.94. The summed E-state index contributed by atoms with van der Waals surface area (Å²) in [6.45, 7) is 3.04. The molecule has 2 N–H and O–H groups in total. The van der Waals surface area contributed by atoms with Gasteiger partial charge in [-0.25, -0.2) is 9.97 Å². The number of thiazole rings is 1. The number of anilines is 2. The summed E-state index contributed by atoms with van der Waals surface area (Å²) >= 11 is 1.58. The lowest BCUT2D eigenvalue weighted by atomic mass is 10.1. The van der Waals surface area contributed by atoms with Crippen molar-refractivity contribution in [3.8, 4) is 0 Å². The molecule has 1 saturated heterocycles. The standard InChI is InChI=1S/C24H27N5OS/c30-14-5-13-28-16-18(19-6-1-2-8-21(19)28)17-29-12-4-9-22(29)20-7-3-10-23(26-20)27-24-25-11-15-31-24/h1-3,6-8,10-11,15-16,22,30H,4-5,9,12-14,17H2,(H,25,26,27)/t22-/m0/s1. The van der Waals surface area contributed by atoms with Gasteiger partial charge in [-0.15, -0.1) is 11.3 Å². The van der Waals surface area contributed by atoms with Gasteiger partial charge in [-0.2, -0.15) is 0 Å². The van der Waals surface area contributed by atoms with Gasteiger partial charge in [-0.3, -0.25) is 4.90 Å². The number of likely N-dealkylation sites (tertiary alicyclic amines) is 1. The van der Waals surface area contributed by atoms with E-state index in [9.17, 15) is 5.11 Å². The van der Waals surface area contributed by atoms with Crippen molar-refractivity contribution in [2.24, 2.45) is 0 Å². The lowest BCUT2D eigenvalue weighted by molar-refractivity contribution is 0.245. The number of nitrogens with one attached hydrogen (secondary N) is 1. The van der Waals surface area contributed by atoms with E-state index in [0.29, 0.717) is 6.04 Å². The van der Waals surface area contributed by atoms with Crippen LogP contribution in [0.25, 0.3) is 10.9 Å². The predicted molar refractivity (Wildman–Crippen MR) is 126 cm³/mol. The molecule has 0 aliphatic carbocycles. The summed E-state index contributed by atoms with van der Waals surface area (Å²) in [6, 6.07) is 15.1. The minimum atomic E-state index is 0.215. The van der Waals surface area contributed by atoms with Crippen molar-refractivity contribution in [2.75, 3.05) is 18.5 Å². The van der Waals surface area contributed by atoms with Crippen LogP contribution in [0.2, 0.25) is 0 Å². The Balaban J connectivity index is 1.38. The second-order valence-corrected chi connectivity index (χ2v) is 8.88. The van der Waals surface area contributed by atoms with Crippen LogP contribution in [0.5, 0.6) is 0 Å². The molecule has 0 saturated carbocycles. The fraction of sp³-hybridized carbons (Fsp3) is 0.333. The molecule has 1 aliphatic rings. The summed E-state index contributed by atoms with van der Waals surface area (Å²) in [6.07, 6.45) is 7.14. The van der Waals surface area contributed by atoms with E-state index in [0.717, 1.165) is 49.1 Å². The molecule has 7 heteroatoms. The molecule has 31 heavy (non-hydrogen) atoms. The van der Waals surface area contributed by atoms with Gasteiger partial charge in [0.25, 0.3) is 0 Å². The van der Waals surface area contributed by atoms with E-state index in [4.69, 9.17) is 4.98 Å². The molecule has 1 aliphatic heterocycles. The topological polar surface area (TPSA) is 66.2 Å². The molecule has 3 aromatic heterocycles. The number of aliphatic hydroxyl groups excluding tert-OH is 1.